The van der Waals surface area contributed by atoms with Gasteiger partial charge < -0.3 is 10.0 Å². The molecule has 0 bridgehead atoms. The van der Waals surface area contributed by atoms with Crippen molar-refractivity contribution in [2.75, 3.05) is 18.0 Å². The van der Waals surface area contributed by atoms with Crippen LogP contribution in [0.25, 0.3) is 0 Å². The summed E-state index contributed by atoms with van der Waals surface area (Å²) in [4.78, 5) is 6.51. The van der Waals surface area contributed by atoms with Gasteiger partial charge >= 0.3 is 0 Å². The molecule has 0 amide bonds. The molecule has 0 radical (unpaired) electrons. The first-order chi connectivity index (χ1) is 6.47. The fourth-order valence-electron chi connectivity index (χ4n) is 1.26. The minimum atomic E-state index is -0.183. The van der Waals surface area contributed by atoms with E-state index in [9.17, 15) is 0 Å². The van der Waals surface area contributed by atoms with Crippen LogP contribution in [0.3, 0.4) is 0 Å². The first kappa shape index (κ1) is 9.86. The van der Waals surface area contributed by atoms with Crippen LogP contribution in [0, 0.1) is 0 Å². The highest BCUT2D eigenvalue weighted by Gasteiger charge is 2.29. The van der Waals surface area contributed by atoms with Gasteiger partial charge in [0, 0.05) is 30.0 Å². The van der Waals surface area contributed by atoms with Gasteiger partial charge in [0.1, 0.15) is 5.82 Å². The summed E-state index contributed by atoms with van der Waals surface area (Å²) in [7, 11) is 0. The van der Waals surface area contributed by atoms with Crippen molar-refractivity contribution in [2.45, 2.75) is 32.3 Å². The van der Waals surface area contributed by atoms with Gasteiger partial charge in [0.2, 0.25) is 5.13 Å². The molecule has 2 rings (SSSR count). The standard InChI is InChI=1S/C9H15N3OS/c1-9(2,3)7-10-8(14-11-7)12-4-6(13)5-12/h6,13H,4-5H2,1-3H3. The number of aromatic nitrogens is 2. The Hall–Kier alpha value is -0.680. The minimum absolute atomic E-state index is 0.0121. The third kappa shape index (κ3) is 1.74. The van der Waals surface area contributed by atoms with Crippen molar-refractivity contribution in [2.24, 2.45) is 0 Å². The molecule has 1 aromatic heterocycles. The first-order valence-electron chi connectivity index (χ1n) is 4.74. The van der Waals surface area contributed by atoms with Crippen LogP contribution in [0.1, 0.15) is 26.6 Å². The number of rotatable bonds is 1. The number of aliphatic hydroxyl groups is 1. The summed E-state index contributed by atoms with van der Waals surface area (Å²) >= 11 is 1.42. The highest BCUT2D eigenvalue weighted by atomic mass is 32.1. The lowest BCUT2D eigenvalue weighted by Gasteiger charge is -2.35. The number of β-amino-alcohol motifs (C(OH)–C–C–N with tert-alkyl or cyclic N) is 1. The van der Waals surface area contributed by atoms with Gasteiger partial charge in [-0.05, 0) is 0 Å². The maximum absolute atomic E-state index is 9.16. The third-order valence-electron chi connectivity index (χ3n) is 2.22. The highest BCUT2D eigenvalue weighted by molar-refractivity contribution is 7.09. The van der Waals surface area contributed by atoms with Crippen LogP contribution in [-0.4, -0.2) is 33.7 Å². The summed E-state index contributed by atoms with van der Waals surface area (Å²) in [5.41, 5.74) is 0.0121. The summed E-state index contributed by atoms with van der Waals surface area (Å²) in [6.07, 6.45) is -0.183. The molecule has 2 heterocycles. The van der Waals surface area contributed by atoms with Gasteiger partial charge in [-0.1, -0.05) is 20.8 Å². The summed E-state index contributed by atoms with van der Waals surface area (Å²) in [6, 6.07) is 0. The van der Waals surface area contributed by atoms with Crippen LogP contribution < -0.4 is 4.90 Å². The molecule has 0 aliphatic carbocycles. The molecule has 78 valence electrons. The number of anilines is 1. The summed E-state index contributed by atoms with van der Waals surface area (Å²) in [6.45, 7) is 7.69. The Balaban J connectivity index is 2.11. The molecule has 0 atom stereocenters. The molecule has 1 N–H and O–H groups in total. The van der Waals surface area contributed by atoms with E-state index in [-0.39, 0.29) is 11.5 Å². The predicted octanol–water partition coefficient (Wildman–Crippen LogP) is 1.02. The van der Waals surface area contributed by atoms with Crippen molar-refractivity contribution in [1.29, 1.82) is 0 Å². The SMILES string of the molecule is CC(C)(C)c1nsc(N2CC(O)C2)n1. The van der Waals surface area contributed by atoms with Crippen LogP contribution in [0.4, 0.5) is 5.13 Å². The van der Waals surface area contributed by atoms with Crippen LogP contribution in [0.5, 0.6) is 0 Å². The molecule has 0 unspecified atom stereocenters. The molecule has 0 saturated carbocycles. The molecule has 5 heteroatoms. The largest absolute Gasteiger partial charge is 0.389 e. The summed E-state index contributed by atoms with van der Waals surface area (Å²) < 4.78 is 4.32. The molecule has 1 aliphatic rings. The quantitative estimate of drug-likeness (QED) is 0.756. The molecule has 1 fully saturated rings. The number of hydrogen-bond donors (Lipinski definition) is 1. The monoisotopic (exact) mass is 213 g/mol. The topological polar surface area (TPSA) is 49.2 Å². The van der Waals surface area contributed by atoms with Crippen molar-refractivity contribution in [3.8, 4) is 0 Å². The average Bonchev–Trinajstić information content (AvgIpc) is 2.45. The predicted molar refractivity (Wildman–Crippen MR) is 56.8 cm³/mol. The van der Waals surface area contributed by atoms with Crippen molar-refractivity contribution in [3.63, 3.8) is 0 Å². The van der Waals surface area contributed by atoms with E-state index in [2.05, 4.69) is 35.0 Å². The minimum Gasteiger partial charge on any atom is -0.389 e. The second-order valence-electron chi connectivity index (χ2n) is 4.71. The van der Waals surface area contributed by atoms with Gasteiger partial charge in [0.15, 0.2) is 0 Å². The second-order valence-corrected chi connectivity index (χ2v) is 5.44. The molecule has 0 aromatic carbocycles. The Kier molecular flexibility index (Phi) is 2.23. The summed E-state index contributed by atoms with van der Waals surface area (Å²) in [5.74, 6) is 0.888. The van der Waals surface area contributed by atoms with E-state index in [1.54, 1.807) is 0 Å². The zero-order chi connectivity index (χ0) is 10.3. The van der Waals surface area contributed by atoms with Gasteiger partial charge in [0.05, 0.1) is 6.10 Å². The van der Waals surface area contributed by atoms with E-state index in [0.29, 0.717) is 13.1 Å². The summed E-state index contributed by atoms with van der Waals surface area (Å²) in [5, 5.41) is 10.1. The Morgan fingerprint density at radius 3 is 2.50 bits per heavy atom. The molecular weight excluding hydrogens is 198 g/mol. The van der Waals surface area contributed by atoms with Gasteiger partial charge in [-0.3, -0.25) is 0 Å². The van der Waals surface area contributed by atoms with Crippen molar-refractivity contribution < 1.29 is 5.11 Å². The molecule has 0 spiro atoms. The Morgan fingerprint density at radius 1 is 1.43 bits per heavy atom. The lowest BCUT2D eigenvalue weighted by Crippen LogP contribution is -2.50. The fraction of sp³-hybridized carbons (Fsp3) is 0.778. The Bertz CT molecular complexity index is 325. The van der Waals surface area contributed by atoms with E-state index < -0.39 is 0 Å². The average molecular weight is 213 g/mol. The molecule has 1 saturated heterocycles. The van der Waals surface area contributed by atoms with Crippen LogP contribution in [0.15, 0.2) is 0 Å². The van der Waals surface area contributed by atoms with Gasteiger partial charge in [0.25, 0.3) is 0 Å². The zero-order valence-corrected chi connectivity index (χ0v) is 9.51. The third-order valence-corrected chi connectivity index (χ3v) is 3.00. The number of nitrogens with zero attached hydrogens (tertiary/aromatic N) is 3. The van der Waals surface area contributed by atoms with Crippen LogP contribution in [-0.2, 0) is 5.41 Å². The molecule has 1 aromatic rings. The fourth-order valence-corrected chi connectivity index (χ4v) is 2.13. The second kappa shape index (κ2) is 3.17. The Morgan fingerprint density at radius 2 is 2.07 bits per heavy atom. The van der Waals surface area contributed by atoms with E-state index in [1.165, 1.54) is 11.5 Å². The van der Waals surface area contributed by atoms with Crippen molar-refractivity contribution in [3.05, 3.63) is 5.82 Å². The van der Waals surface area contributed by atoms with Gasteiger partial charge in [-0.2, -0.15) is 4.37 Å². The van der Waals surface area contributed by atoms with Crippen molar-refractivity contribution >= 4 is 16.7 Å². The normalized spacial score (nSPS) is 18.4. The van der Waals surface area contributed by atoms with Gasteiger partial charge in [-0.25, -0.2) is 4.98 Å². The number of hydrogen-bond acceptors (Lipinski definition) is 5. The Labute approximate surface area is 87.8 Å². The zero-order valence-electron chi connectivity index (χ0n) is 8.69. The molecule has 14 heavy (non-hydrogen) atoms. The molecule has 4 nitrogen and oxygen atoms in total. The van der Waals surface area contributed by atoms with Crippen LogP contribution in [0.2, 0.25) is 0 Å². The molecular formula is C9H15N3OS. The highest BCUT2D eigenvalue weighted by Crippen LogP contribution is 2.27. The van der Waals surface area contributed by atoms with Gasteiger partial charge in [-0.15, -0.1) is 0 Å². The smallest absolute Gasteiger partial charge is 0.205 e. The number of aliphatic hydroxyl groups excluding tert-OH is 1. The maximum atomic E-state index is 9.16. The van der Waals surface area contributed by atoms with E-state index in [0.717, 1.165) is 11.0 Å². The first-order valence-corrected chi connectivity index (χ1v) is 5.51. The lowest BCUT2D eigenvalue weighted by atomic mass is 9.96. The molecule has 1 aliphatic heterocycles. The van der Waals surface area contributed by atoms with E-state index in [4.69, 9.17) is 5.11 Å². The van der Waals surface area contributed by atoms with E-state index in [1.807, 2.05) is 0 Å². The van der Waals surface area contributed by atoms with Crippen LogP contribution >= 0.6 is 11.5 Å². The van der Waals surface area contributed by atoms with Crippen molar-refractivity contribution in [1.82, 2.24) is 9.36 Å². The maximum Gasteiger partial charge on any atom is 0.205 e. The van der Waals surface area contributed by atoms with E-state index >= 15 is 0 Å². The lowest BCUT2D eigenvalue weighted by molar-refractivity contribution is 0.142.